The predicted molar refractivity (Wildman–Crippen MR) is 48.1 cm³/mol. The average molecular weight is 193 g/mol. The first-order chi connectivity index (χ1) is 5.02. The summed E-state index contributed by atoms with van der Waals surface area (Å²) in [5, 5.41) is 0. The highest BCUT2D eigenvalue weighted by Gasteiger charge is 2.43. The van der Waals surface area contributed by atoms with Crippen molar-refractivity contribution in [2.75, 3.05) is 7.11 Å². The zero-order valence-electron chi connectivity index (χ0n) is 6.47. The van der Waals surface area contributed by atoms with E-state index in [2.05, 4.69) is 0 Å². The van der Waals surface area contributed by atoms with E-state index in [-0.39, 0.29) is 0 Å². The van der Waals surface area contributed by atoms with Gasteiger partial charge in [-0.1, -0.05) is 35.4 Å². The highest BCUT2D eigenvalue weighted by Crippen LogP contribution is 2.40. The molecule has 0 saturated carbocycles. The zero-order chi connectivity index (χ0) is 8.54. The van der Waals surface area contributed by atoms with Gasteiger partial charge in [0.05, 0.1) is 0 Å². The van der Waals surface area contributed by atoms with Gasteiger partial charge in [0.25, 0.3) is 0 Å². The summed E-state index contributed by atoms with van der Waals surface area (Å²) in [6, 6.07) is 0. The molecule has 0 amide bonds. The Morgan fingerprint density at radius 1 is 1.18 bits per heavy atom. The molecule has 0 heterocycles. The third-order valence-corrected chi connectivity index (χ3v) is 2.92. The first kappa shape index (κ1) is 9.11. The number of halogens is 2. The topological polar surface area (TPSA) is 9.23 Å². The van der Waals surface area contributed by atoms with Crippen molar-refractivity contribution in [2.45, 2.75) is 16.9 Å². The van der Waals surface area contributed by atoms with Crippen LogP contribution in [0.2, 0.25) is 0 Å². The van der Waals surface area contributed by atoms with Crippen molar-refractivity contribution in [1.29, 1.82) is 0 Å². The molecule has 1 nitrogen and oxygen atoms in total. The van der Waals surface area contributed by atoms with Crippen molar-refractivity contribution in [3.63, 3.8) is 0 Å². The number of alkyl halides is 2. The van der Waals surface area contributed by atoms with Gasteiger partial charge in [0.1, 0.15) is 5.60 Å². The number of hydrogen-bond donors (Lipinski definition) is 0. The van der Waals surface area contributed by atoms with Gasteiger partial charge in [-0.3, -0.25) is 0 Å². The van der Waals surface area contributed by atoms with E-state index in [0.29, 0.717) is 0 Å². The molecule has 0 saturated heterocycles. The van der Waals surface area contributed by atoms with Gasteiger partial charge in [-0.05, 0) is 19.1 Å². The number of methoxy groups -OCH3 is 1. The van der Waals surface area contributed by atoms with Gasteiger partial charge in [-0.25, -0.2) is 0 Å². The summed E-state index contributed by atoms with van der Waals surface area (Å²) < 4.78 is 4.23. The fraction of sp³-hybridized carbons (Fsp3) is 0.500. The van der Waals surface area contributed by atoms with Crippen molar-refractivity contribution in [3.05, 3.63) is 24.3 Å². The van der Waals surface area contributed by atoms with E-state index >= 15 is 0 Å². The summed E-state index contributed by atoms with van der Waals surface area (Å²) in [6.07, 6.45) is 7.22. The normalized spacial score (nSPS) is 34.2. The summed E-state index contributed by atoms with van der Waals surface area (Å²) in [5.41, 5.74) is -0.620. The van der Waals surface area contributed by atoms with Crippen LogP contribution in [0.15, 0.2) is 24.3 Å². The maximum absolute atomic E-state index is 5.98. The lowest BCUT2D eigenvalue weighted by Crippen LogP contribution is -2.43. The molecule has 1 aliphatic carbocycles. The number of hydrogen-bond acceptors (Lipinski definition) is 1. The molecular weight excluding hydrogens is 183 g/mol. The monoisotopic (exact) mass is 192 g/mol. The van der Waals surface area contributed by atoms with E-state index in [4.69, 9.17) is 27.9 Å². The quantitative estimate of drug-likeness (QED) is 0.581. The van der Waals surface area contributed by atoms with Gasteiger partial charge in [0.15, 0.2) is 4.33 Å². The van der Waals surface area contributed by atoms with Gasteiger partial charge >= 0.3 is 0 Å². The lowest BCUT2D eigenvalue weighted by Gasteiger charge is -2.36. The number of rotatable bonds is 1. The fourth-order valence-electron chi connectivity index (χ4n) is 0.896. The average Bonchev–Trinajstić information content (AvgIpc) is 1.95. The minimum atomic E-state index is -0.962. The SMILES string of the molecule is COC1(C)C=CC=CC1(Cl)Cl. The van der Waals surface area contributed by atoms with Crippen LogP contribution in [0.1, 0.15) is 6.92 Å². The highest BCUT2D eigenvalue weighted by atomic mass is 35.5. The molecule has 0 aromatic carbocycles. The van der Waals surface area contributed by atoms with E-state index in [9.17, 15) is 0 Å². The Labute approximate surface area is 76.6 Å². The Balaban J connectivity index is 2.97. The molecular formula is C8H10Cl2O. The zero-order valence-corrected chi connectivity index (χ0v) is 7.99. The standard InChI is InChI=1S/C8H10Cl2O/c1-7(11-2)5-3-4-6-8(7,9)10/h3-6H,1-2H3. The van der Waals surface area contributed by atoms with Crippen molar-refractivity contribution >= 4 is 23.2 Å². The smallest absolute Gasteiger partial charge is 0.168 e. The summed E-state index contributed by atoms with van der Waals surface area (Å²) in [5.74, 6) is 0. The van der Waals surface area contributed by atoms with Gasteiger partial charge in [-0.2, -0.15) is 0 Å². The summed E-state index contributed by atoms with van der Waals surface area (Å²) in [4.78, 5) is 0. The van der Waals surface area contributed by atoms with Gasteiger partial charge < -0.3 is 4.74 Å². The molecule has 1 aliphatic rings. The second-order valence-corrected chi connectivity index (χ2v) is 4.04. The third-order valence-electron chi connectivity index (χ3n) is 1.92. The van der Waals surface area contributed by atoms with E-state index in [1.54, 1.807) is 19.3 Å². The van der Waals surface area contributed by atoms with Crippen LogP contribution in [0.4, 0.5) is 0 Å². The molecule has 1 rings (SSSR count). The molecule has 3 heteroatoms. The van der Waals surface area contributed by atoms with Crippen LogP contribution in [0.5, 0.6) is 0 Å². The van der Waals surface area contributed by atoms with E-state index in [1.807, 2.05) is 19.1 Å². The van der Waals surface area contributed by atoms with Crippen LogP contribution >= 0.6 is 23.2 Å². The Kier molecular flexibility index (Phi) is 2.33. The van der Waals surface area contributed by atoms with Crippen LogP contribution in [0, 0.1) is 0 Å². The second-order valence-electron chi connectivity index (χ2n) is 2.65. The van der Waals surface area contributed by atoms with Crippen molar-refractivity contribution in [1.82, 2.24) is 0 Å². The van der Waals surface area contributed by atoms with Crippen LogP contribution in [-0.4, -0.2) is 17.0 Å². The van der Waals surface area contributed by atoms with E-state index < -0.39 is 9.93 Å². The van der Waals surface area contributed by atoms with E-state index in [1.165, 1.54) is 0 Å². The number of allylic oxidation sites excluding steroid dienone is 2. The molecule has 0 fully saturated rings. The highest BCUT2D eigenvalue weighted by molar-refractivity contribution is 6.51. The van der Waals surface area contributed by atoms with Crippen LogP contribution < -0.4 is 0 Å². The van der Waals surface area contributed by atoms with Crippen molar-refractivity contribution in [3.8, 4) is 0 Å². The summed E-state index contributed by atoms with van der Waals surface area (Å²) in [6.45, 7) is 1.84. The van der Waals surface area contributed by atoms with Crippen molar-refractivity contribution in [2.24, 2.45) is 0 Å². The molecule has 1 atom stereocenters. The molecule has 0 aliphatic heterocycles. The molecule has 1 unspecified atom stereocenters. The molecule has 0 aromatic rings. The molecule has 11 heavy (non-hydrogen) atoms. The van der Waals surface area contributed by atoms with Crippen LogP contribution in [0.25, 0.3) is 0 Å². The Morgan fingerprint density at radius 3 is 2.09 bits per heavy atom. The molecule has 0 spiro atoms. The van der Waals surface area contributed by atoms with Gasteiger partial charge in [0.2, 0.25) is 0 Å². The predicted octanol–water partition coefficient (Wildman–Crippen LogP) is 2.69. The summed E-state index contributed by atoms with van der Waals surface area (Å²) in [7, 11) is 1.59. The molecule has 0 radical (unpaired) electrons. The van der Waals surface area contributed by atoms with Gasteiger partial charge in [0, 0.05) is 7.11 Å². The fourth-order valence-corrected chi connectivity index (χ4v) is 1.32. The molecule has 62 valence electrons. The minimum absolute atomic E-state index is 0.620. The maximum Gasteiger partial charge on any atom is 0.168 e. The summed E-state index contributed by atoms with van der Waals surface area (Å²) >= 11 is 12.0. The first-order valence-electron chi connectivity index (χ1n) is 3.32. The van der Waals surface area contributed by atoms with Crippen LogP contribution in [0.3, 0.4) is 0 Å². The Hall–Kier alpha value is 0.0200. The minimum Gasteiger partial charge on any atom is -0.371 e. The van der Waals surface area contributed by atoms with Gasteiger partial charge in [-0.15, -0.1) is 0 Å². The maximum atomic E-state index is 5.98. The largest absolute Gasteiger partial charge is 0.371 e. The lowest BCUT2D eigenvalue weighted by molar-refractivity contribution is 0.0440. The molecule has 0 bridgehead atoms. The second kappa shape index (κ2) is 2.81. The lowest BCUT2D eigenvalue weighted by atomic mass is 9.96. The Bertz CT molecular complexity index is 208. The Morgan fingerprint density at radius 2 is 1.73 bits per heavy atom. The van der Waals surface area contributed by atoms with Crippen molar-refractivity contribution < 1.29 is 4.74 Å². The first-order valence-corrected chi connectivity index (χ1v) is 4.07. The molecule has 0 N–H and O–H groups in total. The molecule has 0 aromatic heterocycles. The van der Waals surface area contributed by atoms with E-state index in [0.717, 1.165) is 0 Å². The van der Waals surface area contributed by atoms with Crippen LogP contribution in [-0.2, 0) is 4.74 Å². The third kappa shape index (κ3) is 1.46. The number of ether oxygens (including phenoxy) is 1.